The second kappa shape index (κ2) is 4.83. The summed E-state index contributed by atoms with van der Waals surface area (Å²) < 4.78 is 0. The molecule has 0 fully saturated rings. The summed E-state index contributed by atoms with van der Waals surface area (Å²) in [5.74, 6) is 0. The van der Waals surface area contributed by atoms with E-state index in [1.54, 1.807) is 12.1 Å². The molecule has 86 valence electrons. The van der Waals surface area contributed by atoms with Gasteiger partial charge in [-0.25, -0.2) is 0 Å². The molecule has 0 aliphatic heterocycles. The maximum Gasteiger partial charge on any atom is 0.150 e. The molecule has 0 saturated carbocycles. The molecular formula is C15H15NO. The monoisotopic (exact) mass is 225 g/mol. The summed E-state index contributed by atoms with van der Waals surface area (Å²) in [6.07, 6.45) is 0.847. The number of hydrogen-bond donors (Lipinski definition) is 1. The number of benzene rings is 2. The fraction of sp³-hybridized carbons (Fsp3) is 0.133. The Morgan fingerprint density at radius 1 is 0.882 bits per heavy atom. The Morgan fingerprint density at radius 3 is 2.12 bits per heavy atom. The third kappa shape index (κ3) is 2.72. The number of carbonyl (C=O) groups is 1. The summed E-state index contributed by atoms with van der Waals surface area (Å²) in [5.41, 5.74) is 5.29. The minimum Gasteiger partial charge on any atom is -0.356 e. The minimum absolute atomic E-state index is 0.690. The smallest absolute Gasteiger partial charge is 0.150 e. The van der Waals surface area contributed by atoms with Crippen LogP contribution in [0.25, 0.3) is 0 Å². The van der Waals surface area contributed by atoms with Gasteiger partial charge in [-0.2, -0.15) is 0 Å². The lowest BCUT2D eigenvalue weighted by Crippen LogP contribution is -1.92. The summed E-state index contributed by atoms with van der Waals surface area (Å²) in [4.78, 5) is 10.5. The van der Waals surface area contributed by atoms with Gasteiger partial charge in [-0.05, 0) is 61.4 Å². The molecule has 2 heteroatoms. The minimum atomic E-state index is 0.690. The molecule has 2 aromatic rings. The largest absolute Gasteiger partial charge is 0.356 e. The molecular weight excluding hydrogens is 210 g/mol. The van der Waals surface area contributed by atoms with E-state index in [1.807, 2.05) is 12.1 Å². The highest BCUT2D eigenvalue weighted by molar-refractivity contribution is 5.76. The van der Waals surface area contributed by atoms with Crippen molar-refractivity contribution >= 4 is 17.7 Å². The van der Waals surface area contributed by atoms with Crippen molar-refractivity contribution in [3.05, 3.63) is 59.2 Å². The van der Waals surface area contributed by atoms with Gasteiger partial charge in [0.2, 0.25) is 0 Å². The Labute approximate surface area is 101 Å². The zero-order valence-electron chi connectivity index (χ0n) is 10.0. The second-order valence-corrected chi connectivity index (χ2v) is 4.16. The number of aldehydes is 1. The molecule has 17 heavy (non-hydrogen) atoms. The van der Waals surface area contributed by atoms with Crippen LogP contribution in [0.15, 0.2) is 42.5 Å². The Balaban J connectivity index is 2.19. The maximum atomic E-state index is 10.5. The van der Waals surface area contributed by atoms with Crippen molar-refractivity contribution in [1.82, 2.24) is 0 Å². The van der Waals surface area contributed by atoms with Gasteiger partial charge in [0.15, 0.2) is 0 Å². The summed E-state index contributed by atoms with van der Waals surface area (Å²) in [6.45, 7) is 4.19. The van der Waals surface area contributed by atoms with Crippen molar-refractivity contribution in [2.75, 3.05) is 5.32 Å². The molecule has 1 N–H and O–H groups in total. The number of hydrogen-bond acceptors (Lipinski definition) is 2. The molecule has 0 radical (unpaired) electrons. The zero-order valence-corrected chi connectivity index (χ0v) is 10.0. The summed E-state index contributed by atoms with van der Waals surface area (Å²) in [6, 6.07) is 13.7. The Bertz CT molecular complexity index is 529. The first-order valence-electron chi connectivity index (χ1n) is 5.58. The lowest BCUT2D eigenvalue weighted by Gasteiger charge is -2.08. The van der Waals surface area contributed by atoms with Gasteiger partial charge in [0.05, 0.1) is 0 Å². The molecule has 2 rings (SSSR count). The van der Waals surface area contributed by atoms with E-state index < -0.39 is 0 Å². The Kier molecular flexibility index (Phi) is 3.24. The maximum absolute atomic E-state index is 10.5. The van der Waals surface area contributed by atoms with Gasteiger partial charge in [0.25, 0.3) is 0 Å². The first kappa shape index (κ1) is 11.4. The van der Waals surface area contributed by atoms with Gasteiger partial charge in [-0.15, -0.1) is 0 Å². The van der Waals surface area contributed by atoms with Crippen LogP contribution in [0, 0.1) is 13.8 Å². The molecule has 0 aromatic heterocycles. The summed E-state index contributed by atoms with van der Waals surface area (Å²) in [7, 11) is 0. The van der Waals surface area contributed by atoms with Crippen LogP contribution in [-0.4, -0.2) is 6.29 Å². The van der Waals surface area contributed by atoms with Crippen molar-refractivity contribution in [2.45, 2.75) is 13.8 Å². The van der Waals surface area contributed by atoms with Gasteiger partial charge >= 0.3 is 0 Å². The highest BCUT2D eigenvalue weighted by Crippen LogP contribution is 2.19. The zero-order chi connectivity index (χ0) is 12.3. The highest BCUT2D eigenvalue weighted by Gasteiger charge is 1.97. The van der Waals surface area contributed by atoms with E-state index >= 15 is 0 Å². The molecule has 0 aliphatic carbocycles. The molecule has 0 bridgehead atoms. The van der Waals surface area contributed by atoms with E-state index in [0.717, 1.165) is 17.7 Å². The van der Waals surface area contributed by atoms with Gasteiger partial charge in [0, 0.05) is 16.9 Å². The van der Waals surface area contributed by atoms with Crippen LogP contribution in [-0.2, 0) is 0 Å². The molecule has 0 spiro atoms. The van der Waals surface area contributed by atoms with Crippen molar-refractivity contribution in [2.24, 2.45) is 0 Å². The summed E-state index contributed by atoms with van der Waals surface area (Å²) >= 11 is 0. The van der Waals surface area contributed by atoms with E-state index in [4.69, 9.17) is 0 Å². The summed E-state index contributed by atoms with van der Waals surface area (Å²) in [5, 5.41) is 3.31. The molecule has 0 unspecified atom stereocenters. The van der Waals surface area contributed by atoms with Crippen LogP contribution >= 0.6 is 0 Å². The number of anilines is 2. The van der Waals surface area contributed by atoms with Crippen LogP contribution in [0.5, 0.6) is 0 Å². The number of aryl methyl sites for hydroxylation is 2. The normalized spacial score (nSPS) is 10.0. The van der Waals surface area contributed by atoms with Gasteiger partial charge in [-0.1, -0.05) is 6.07 Å². The average molecular weight is 225 g/mol. The van der Waals surface area contributed by atoms with E-state index in [1.165, 1.54) is 11.1 Å². The molecule has 0 atom stereocenters. The quantitative estimate of drug-likeness (QED) is 0.804. The van der Waals surface area contributed by atoms with Crippen molar-refractivity contribution in [3.63, 3.8) is 0 Å². The van der Waals surface area contributed by atoms with Crippen LogP contribution in [0.2, 0.25) is 0 Å². The molecule has 0 heterocycles. The van der Waals surface area contributed by atoms with Crippen molar-refractivity contribution < 1.29 is 4.79 Å². The number of carbonyl (C=O) groups excluding carboxylic acids is 1. The van der Waals surface area contributed by atoms with Crippen LogP contribution in [0.1, 0.15) is 21.5 Å². The number of rotatable bonds is 3. The van der Waals surface area contributed by atoms with Crippen LogP contribution in [0.3, 0.4) is 0 Å². The molecule has 0 saturated heterocycles. The van der Waals surface area contributed by atoms with E-state index in [-0.39, 0.29) is 0 Å². The first-order chi connectivity index (χ1) is 8.19. The fourth-order valence-corrected chi connectivity index (χ4v) is 1.63. The molecule has 2 aromatic carbocycles. The van der Waals surface area contributed by atoms with E-state index in [9.17, 15) is 4.79 Å². The fourth-order valence-electron chi connectivity index (χ4n) is 1.63. The van der Waals surface area contributed by atoms with E-state index in [0.29, 0.717) is 5.56 Å². The lowest BCUT2D eigenvalue weighted by atomic mass is 10.1. The third-order valence-corrected chi connectivity index (χ3v) is 2.84. The standard InChI is InChI=1S/C15H15NO/c1-11-3-6-15(9-12(11)2)16-14-7-4-13(10-17)5-8-14/h3-10,16H,1-2H3. The topological polar surface area (TPSA) is 29.1 Å². The third-order valence-electron chi connectivity index (χ3n) is 2.84. The highest BCUT2D eigenvalue weighted by atomic mass is 16.1. The second-order valence-electron chi connectivity index (χ2n) is 4.16. The van der Waals surface area contributed by atoms with Gasteiger partial charge in [-0.3, -0.25) is 4.79 Å². The predicted molar refractivity (Wildman–Crippen MR) is 71.0 cm³/mol. The predicted octanol–water partition coefficient (Wildman–Crippen LogP) is 3.86. The molecule has 0 amide bonds. The number of nitrogens with one attached hydrogen (secondary N) is 1. The molecule has 2 nitrogen and oxygen atoms in total. The van der Waals surface area contributed by atoms with Crippen molar-refractivity contribution in [1.29, 1.82) is 0 Å². The van der Waals surface area contributed by atoms with Crippen LogP contribution in [0.4, 0.5) is 11.4 Å². The van der Waals surface area contributed by atoms with Crippen LogP contribution < -0.4 is 5.32 Å². The Morgan fingerprint density at radius 2 is 1.53 bits per heavy atom. The molecule has 0 aliphatic rings. The van der Waals surface area contributed by atoms with Gasteiger partial charge < -0.3 is 5.32 Å². The van der Waals surface area contributed by atoms with Gasteiger partial charge in [0.1, 0.15) is 6.29 Å². The van der Waals surface area contributed by atoms with Crippen molar-refractivity contribution in [3.8, 4) is 0 Å². The SMILES string of the molecule is Cc1ccc(Nc2ccc(C=O)cc2)cc1C. The first-order valence-corrected chi connectivity index (χ1v) is 5.58. The van der Waals surface area contributed by atoms with E-state index in [2.05, 4.69) is 37.4 Å². The Hall–Kier alpha value is -2.09. The lowest BCUT2D eigenvalue weighted by molar-refractivity contribution is 0.112. The average Bonchev–Trinajstić information content (AvgIpc) is 2.35.